The maximum atomic E-state index is 11.8. The molecule has 1 aliphatic heterocycles. The van der Waals surface area contributed by atoms with Crippen LogP contribution in [0.15, 0.2) is 56.8 Å². The Morgan fingerprint density at radius 1 is 1.17 bits per heavy atom. The Morgan fingerprint density at radius 2 is 1.93 bits per heavy atom. The summed E-state index contributed by atoms with van der Waals surface area (Å²) >= 11 is 0. The molecular weight excluding hydrogens is 392 g/mol. The number of rotatable bonds is 8. The van der Waals surface area contributed by atoms with Crippen molar-refractivity contribution in [2.75, 3.05) is 20.3 Å². The molecule has 0 fully saturated rings. The van der Waals surface area contributed by atoms with Crippen LogP contribution in [0.1, 0.15) is 20.3 Å². The van der Waals surface area contributed by atoms with Gasteiger partial charge in [0.15, 0.2) is 11.3 Å². The third-order valence-corrected chi connectivity index (χ3v) is 4.44. The molecule has 0 saturated carbocycles. The van der Waals surface area contributed by atoms with Crippen molar-refractivity contribution in [1.29, 1.82) is 0 Å². The van der Waals surface area contributed by atoms with E-state index < -0.39 is 23.7 Å². The highest BCUT2D eigenvalue weighted by molar-refractivity contribution is 5.91. The number of carbonyl (C=O) groups is 2. The van der Waals surface area contributed by atoms with E-state index in [9.17, 15) is 14.4 Å². The molecule has 1 atom stereocenters. The molecule has 0 spiro atoms. The van der Waals surface area contributed by atoms with Crippen molar-refractivity contribution in [3.8, 4) is 11.5 Å². The minimum atomic E-state index is -0.479. The number of hydrogen-bond acceptors (Lipinski definition) is 8. The van der Waals surface area contributed by atoms with Crippen LogP contribution in [-0.2, 0) is 19.1 Å². The topological polar surface area (TPSA) is 101 Å². The lowest BCUT2D eigenvalue weighted by Crippen LogP contribution is -2.11. The zero-order chi connectivity index (χ0) is 21.7. The van der Waals surface area contributed by atoms with Crippen molar-refractivity contribution in [1.82, 2.24) is 0 Å². The van der Waals surface area contributed by atoms with Gasteiger partial charge in [-0.3, -0.25) is 4.79 Å². The second kappa shape index (κ2) is 9.30. The van der Waals surface area contributed by atoms with Gasteiger partial charge in [0.05, 0.1) is 12.7 Å². The van der Waals surface area contributed by atoms with Crippen molar-refractivity contribution in [3.05, 3.63) is 58.0 Å². The fourth-order valence-electron chi connectivity index (χ4n) is 3.00. The fraction of sp³-hybridized carbons (Fsp3) is 0.318. The van der Waals surface area contributed by atoms with Gasteiger partial charge in [-0.25, -0.2) is 9.59 Å². The van der Waals surface area contributed by atoms with Gasteiger partial charge in [0, 0.05) is 24.8 Å². The number of hydrogen-bond donors (Lipinski definition) is 0. The van der Waals surface area contributed by atoms with Gasteiger partial charge in [0.1, 0.15) is 19.3 Å². The maximum absolute atomic E-state index is 11.8. The van der Waals surface area contributed by atoms with Gasteiger partial charge in [-0.1, -0.05) is 5.57 Å². The summed E-state index contributed by atoms with van der Waals surface area (Å²) in [5.74, 6) is -0.144. The van der Waals surface area contributed by atoms with Gasteiger partial charge in [-0.15, -0.1) is 0 Å². The average Bonchev–Trinajstić information content (AvgIpc) is 3.04. The molecule has 1 aliphatic rings. The van der Waals surface area contributed by atoms with Crippen molar-refractivity contribution in [2.45, 2.75) is 26.4 Å². The van der Waals surface area contributed by atoms with Gasteiger partial charge in [-0.05, 0) is 37.3 Å². The molecule has 30 heavy (non-hydrogen) atoms. The molecule has 0 aliphatic carbocycles. The Bertz CT molecular complexity index is 1080. The summed E-state index contributed by atoms with van der Waals surface area (Å²) in [6, 6.07) is 6.52. The predicted octanol–water partition coefficient (Wildman–Crippen LogP) is 2.93. The van der Waals surface area contributed by atoms with E-state index in [2.05, 4.69) is 0 Å². The maximum Gasteiger partial charge on any atom is 0.337 e. The summed E-state index contributed by atoms with van der Waals surface area (Å²) in [4.78, 5) is 34.2. The van der Waals surface area contributed by atoms with E-state index in [1.165, 1.54) is 20.1 Å². The average molecular weight is 414 g/mol. The van der Waals surface area contributed by atoms with Crippen LogP contribution >= 0.6 is 0 Å². The quantitative estimate of drug-likeness (QED) is 0.369. The molecular formula is C22H22O8. The number of fused-ring (bicyclic) bond motifs is 1. The number of ether oxygens (including phenoxy) is 4. The highest BCUT2D eigenvalue weighted by Gasteiger charge is 2.26. The van der Waals surface area contributed by atoms with Crippen LogP contribution < -0.4 is 15.1 Å². The lowest BCUT2D eigenvalue weighted by Gasteiger charge is -2.12. The molecule has 0 amide bonds. The molecule has 2 heterocycles. The van der Waals surface area contributed by atoms with E-state index in [0.29, 0.717) is 29.1 Å². The third-order valence-electron chi connectivity index (χ3n) is 4.44. The van der Waals surface area contributed by atoms with E-state index in [1.54, 1.807) is 24.3 Å². The van der Waals surface area contributed by atoms with Gasteiger partial charge in [-0.2, -0.15) is 0 Å². The number of benzene rings is 1. The monoisotopic (exact) mass is 414 g/mol. The van der Waals surface area contributed by atoms with Gasteiger partial charge in [0.2, 0.25) is 5.75 Å². The van der Waals surface area contributed by atoms with Gasteiger partial charge < -0.3 is 23.4 Å². The molecule has 1 unspecified atom stereocenters. The molecule has 0 radical (unpaired) electrons. The zero-order valence-corrected chi connectivity index (χ0v) is 16.9. The molecule has 8 heteroatoms. The van der Waals surface area contributed by atoms with Gasteiger partial charge >= 0.3 is 17.6 Å². The van der Waals surface area contributed by atoms with Crippen LogP contribution in [0.4, 0.5) is 0 Å². The molecule has 1 aromatic heterocycles. The summed E-state index contributed by atoms with van der Waals surface area (Å²) in [5.41, 5.74) is 1.14. The zero-order valence-electron chi connectivity index (χ0n) is 16.9. The van der Waals surface area contributed by atoms with Crippen molar-refractivity contribution >= 4 is 22.9 Å². The molecule has 0 bridgehead atoms. The molecule has 0 N–H and O–H groups in total. The van der Waals surface area contributed by atoms with E-state index in [1.807, 2.05) is 13.0 Å². The third kappa shape index (κ3) is 5.08. The van der Waals surface area contributed by atoms with E-state index in [-0.39, 0.29) is 13.2 Å². The predicted molar refractivity (Wildman–Crippen MR) is 108 cm³/mol. The molecule has 158 valence electrons. The lowest BCUT2D eigenvalue weighted by atomic mass is 10.1. The summed E-state index contributed by atoms with van der Waals surface area (Å²) in [7, 11) is 1.48. The molecule has 8 nitrogen and oxygen atoms in total. The van der Waals surface area contributed by atoms with Crippen LogP contribution in [0.25, 0.3) is 11.0 Å². The SMILES string of the molecule is COc1c(OC/C=C(\C)CC2C=C(COC(C)=O)C(=O)O2)ccc2ccc(=O)oc12. The summed E-state index contributed by atoms with van der Waals surface area (Å²) in [5, 5.41) is 0.727. The first kappa shape index (κ1) is 21.2. The Balaban J connectivity index is 1.62. The van der Waals surface area contributed by atoms with Crippen LogP contribution in [0.2, 0.25) is 0 Å². The molecule has 0 saturated heterocycles. The smallest absolute Gasteiger partial charge is 0.337 e. The first-order valence-electron chi connectivity index (χ1n) is 9.31. The Morgan fingerprint density at radius 3 is 2.67 bits per heavy atom. The lowest BCUT2D eigenvalue weighted by molar-refractivity contribution is -0.142. The largest absolute Gasteiger partial charge is 0.490 e. The minimum Gasteiger partial charge on any atom is -0.490 e. The minimum absolute atomic E-state index is 0.0889. The van der Waals surface area contributed by atoms with Crippen molar-refractivity contribution in [2.24, 2.45) is 0 Å². The number of carbonyl (C=O) groups excluding carboxylic acids is 2. The first-order chi connectivity index (χ1) is 14.4. The van der Waals surface area contributed by atoms with Crippen LogP contribution in [0.5, 0.6) is 11.5 Å². The number of esters is 2. The van der Waals surface area contributed by atoms with E-state index >= 15 is 0 Å². The highest BCUT2D eigenvalue weighted by Crippen LogP contribution is 2.34. The fourth-order valence-corrected chi connectivity index (χ4v) is 3.00. The summed E-state index contributed by atoms with van der Waals surface area (Å²) < 4.78 is 26.5. The summed E-state index contributed by atoms with van der Waals surface area (Å²) in [6.07, 6.45) is 3.60. The van der Waals surface area contributed by atoms with Crippen LogP contribution in [-0.4, -0.2) is 38.4 Å². The van der Waals surface area contributed by atoms with E-state index in [4.69, 9.17) is 23.4 Å². The van der Waals surface area contributed by atoms with Crippen LogP contribution in [0, 0.1) is 0 Å². The standard InChI is InChI=1S/C22H22O8/c1-13(10-17-11-16(22(25)29-17)12-28-14(2)23)8-9-27-18-6-4-15-5-7-19(24)30-20(15)21(18)26-3/h4-8,11,17H,9-10,12H2,1-3H3/b13-8+. The number of cyclic esters (lactones) is 1. The Hall–Kier alpha value is -3.55. The first-order valence-corrected chi connectivity index (χ1v) is 9.31. The summed E-state index contributed by atoms with van der Waals surface area (Å²) in [6.45, 7) is 3.33. The number of methoxy groups -OCH3 is 1. The van der Waals surface area contributed by atoms with Gasteiger partial charge in [0.25, 0.3) is 0 Å². The Kier molecular flexibility index (Phi) is 6.56. The highest BCUT2D eigenvalue weighted by atomic mass is 16.6. The molecule has 3 rings (SSSR count). The molecule has 2 aromatic rings. The van der Waals surface area contributed by atoms with Crippen molar-refractivity contribution < 1.29 is 33.0 Å². The second-order valence-electron chi connectivity index (χ2n) is 6.75. The molecule has 1 aromatic carbocycles. The van der Waals surface area contributed by atoms with Crippen LogP contribution in [0.3, 0.4) is 0 Å². The van der Waals surface area contributed by atoms with Crippen molar-refractivity contribution in [3.63, 3.8) is 0 Å². The Labute approximate surface area is 172 Å². The second-order valence-corrected chi connectivity index (χ2v) is 6.75. The normalized spacial score (nSPS) is 16.2. The van der Waals surface area contributed by atoms with E-state index in [0.717, 1.165) is 11.0 Å².